The topological polar surface area (TPSA) is 71.3 Å². The van der Waals surface area contributed by atoms with Crippen LogP contribution in [0.1, 0.15) is 32.4 Å². The van der Waals surface area contributed by atoms with Crippen molar-refractivity contribution in [1.82, 2.24) is 15.0 Å². The third-order valence-corrected chi connectivity index (χ3v) is 6.16. The molecule has 1 aliphatic heterocycles. The summed E-state index contributed by atoms with van der Waals surface area (Å²) in [5.74, 6) is 0.318. The van der Waals surface area contributed by atoms with Crippen LogP contribution in [0.5, 0.6) is 0 Å². The van der Waals surface area contributed by atoms with Crippen LogP contribution in [0.4, 0.5) is 5.13 Å². The number of benzene rings is 2. The molecule has 5 rings (SSSR count). The number of anilines is 1. The lowest BCUT2D eigenvalue weighted by molar-refractivity contribution is 0.101. The van der Waals surface area contributed by atoms with Crippen LogP contribution in [0, 0.1) is 6.92 Å². The van der Waals surface area contributed by atoms with Gasteiger partial charge in [-0.15, -0.1) is 11.3 Å². The van der Waals surface area contributed by atoms with E-state index in [1.54, 1.807) is 13.0 Å². The Morgan fingerprint density at radius 2 is 2.10 bits per heavy atom. The van der Waals surface area contributed by atoms with Crippen molar-refractivity contribution in [1.29, 1.82) is 0 Å². The number of carbonyl (C=O) groups excluding carboxylic acids is 1. The highest BCUT2D eigenvalue weighted by atomic mass is 32.1. The van der Waals surface area contributed by atoms with Crippen molar-refractivity contribution >= 4 is 33.1 Å². The van der Waals surface area contributed by atoms with Gasteiger partial charge in [-0.25, -0.2) is 4.98 Å². The quantitative estimate of drug-likeness (QED) is 0.546. The van der Waals surface area contributed by atoms with Gasteiger partial charge in [-0.1, -0.05) is 47.6 Å². The van der Waals surface area contributed by atoms with Gasteiger partial charge in [-0.2, -0.15) is 0 Å². The van der Waals surface area contributed by atoms with Crippen LogP contribution in [0.3, 0.4) is 0 Å². The number of amides is 1. The fraction of sp³-hybridized carbons (Fsp3) is 0.227. The zero-order valence-electron chi connectivity index (χ0n) is 16.0. The Labute approximate surface area is 172 Å². The number of thiazole rings is 1. The fourth-order valence-electron chi connectivity index (χ4n) is 3.74. The summed E-state index contributed by atoms with van der Waals surface area (Å²) >= 11 is 1.54. The minimum absolute atomic E-state index is 0.272. The SMILES string of the molecule is Cc1cc(C(=O)Nc2nc3c(s2)CN(Cc2cccc4ccccc24)CC3)no1. The molecule has 0 saturated carbocycles. The average Bonchev–Trinajstić information content (AvgIpc) is 3.33. The summed E-state index contributed by atoms with van der Waals surface area (Å²) in [6.45, 7) is 4.46. The first-order chi connectivity index (χ1) is 14.2. The number of carbonyl (C=O) groups is 1. The molecule has 146 valence electrons. The lowest BCUT2D eigenvalue weighted by Gasteiger charge is -2.26. The summed E-state index contributed by atoms with van der Waals surface area (Å²) in [6, 6.07) is 16.6. The van der Waals surface area contributed by atoms with E-state index in [-0.39, 0.29) is 11.6 Å². The normalized spacial score (nSPS) is 14.1. The van der Waals surface area contributed by atoms with Gasteiger partial charge in [0, 0.05) is 37.0 Å². The Bertz CT molecular complexity index is 1190. The molecule has 0 fully saturated rings. The van der Waals surface area contributed by atoms with E-state index in [1.807, 2.05) is 0 Å². The first kappa shape index (κ1) is 18.0. The van der Waals surface area contributed by atoms with Gasteiger partial charge in [0.25, 0.3) is 5.91 Å². The summed E-state index contributed by atoms with van der Waals surface area (Å²) in [7, 11) is 0. The maximum absolute atomic E-state index is 12.3. The standard InChI is InChI=1S/C22H20N4O2S/c1-14-11-19(25-28-14)21(27)24-22-23-18-9-10-26(13-20(18)29-22)12-16-7-4-6-15-5-2-3-8-17(15)16/h2-8,11H,9-10,12-13H2,1H3,(H,23,24,27). The maximum atomic E-state index is 12.3. The molecule has 3 heterocycles. The van der Waals surface area contributed by atoms with Gasteiger partial charge in [0.05, 0.1) is 5.69 Å². The highest BCUT2D eigenvalue weighted by Crippen LogP contribution is 2.30. The summed E-state index contributed by atoms with van der Waals surface area (Å²) < 4.78 is 4.97. The van der Waals surface area contributed by atoms with Gasteiger partial charge in [0.1, 0.15) is 5.76 Å². The van der Waals surface area contributed by atoms with Gasteiger partial charge in [0.2, 0.25) is 0 Å². The van der Waals surface area contributed by atoms with Crippen LogP contribution in [0.15, 0.2) is 53.1 Å². The molecule has 0 spiro atoms. The minimum Gasteiger partial charge on any atom is -0.361 e. The molecule has 6 nitrogen and oxygen atoms in total. The maximum Gasteiger partial charge on any atom is 0.279 e. The second kappa shape index (κ2) is 7.42. The van der Waals surface area contributed by atoms with Crippen LogP contribution in [-0.2, 0) is 19.5 Å². The van der Waals surface area contributed by atoms with Crippen LogP contribution >= 0.6 is 11.3 Å². The largest absolute Gasteiger partial charge is 0.361 e. The molecule has 2 aromatic carbocycles. The number of hydrogen-bond donors (Lipinski definition) is 1. The van der Waals surface area contributed by atoms with E-state index < -0.39 is 0 Å². The van der Waals surface area contributed by atoms with Crippen molar-refractivity contribution in [3.8, 4) is 0 Å². The lowest BCUT2D eigenvalue weighted by atomic mass is 10.0. The third kappa shape index (κ3) is 3.66. The molecule has 0 bridgehead atoms. The van der Waals surface area contributed by atoms with Crippen molar-refractivity contribution in [3.05, 3.63) is 76.1 Å². The van der Waals surface area contributed by atoms with E-state index >= 15 is 0 Å². The molecule has 1 N–H and O–H groups in total. The smallest absolute Gasteiger partial charge is 0.279 e. The first-order valence-electron chi connectivity index (χ1n) is 9.58. The molecule has 1 aliphatic rings. The summed E-state index contributed by atoms with van der Waals surface area (Å²) in [4.78, 5) is 20.6. The lowest BCUT2D eigenvalue weighted by Crippen LogP contribution is -2.29. The van der Waals surface area contributed by atoms with E-state index in [1.165, 1.54) is 32.5 Å². The number of nitrogens with one attached hydrogen (secondary N) is 1. The number of fused-ring (bicyclic) bond motifs is 2. The Morgan fingerprint density at radius 1 is 1.24 bits per heavy atom. The third-order valence-electron chi connectivity index (χ3n) is 5.17. The van der Waals surface area contributed by atoms with Crippen molar-refractivity contribution in [2.45, 2.75) is 26.4 Å². The predicted octanol–water partition coefficient (Wildman–Crippen LogP) is 4.40. The van der Waals surface area contributed by atoms with Crippen LogP contribution in [0.2, 0.25) is 0 Å². The van der Waals surface area contributed by atoms with Gasteiger partial charge < -0.3 is 4.52 Å². The number of hydrogen-bond acceptors (Lipinski definition) is 6. The summed E-state index contributed by atoms with van der Waals surface area (Å²) in [5, 5.41) is 9.80. The van der Waals surface area contributed by atoms with Gasteiger partial charge in [0.15, 0.2) is 10.8 Å². The average molecular weight is 404 g/mol. The minimum atomic E-state index is -0.291. The van der Waals surface area contributed by atoms with E-state index in [9.17, 15) is 4.79 Å². The Balaban J connectivity index is 1.30. The molecule has 0 unspecified atom stereocenters. The van der Waals surface area contributed by atoms with Crippen LogP contribution < -0.4 is 5.32 Å². The highest BCUT2D eigenvalue weighted by Gasteiger charge is 2.22. The van der Waals surface area contributed by atoms with Crippen molar-refractivity contribution in [3.63, 3.8) is 0 Å². The van der Waals surface area contributed by atoms with E-state index in [2.05, 4.69) is 62.8 Å². The first-order valence-corrected chi connectivity index (χ1v) is 10.4. The second-order valence-electron chi connectivity index (χ2n) is 7.26. The summed E-state index contributed by atoms with van der Waals surface area (Å²) in [6.07, 6.45) is 0.884. The van der Waals surface area contributed by atoms with E-state index in [0.717, 1.165) is 31.7 Å². The monoisotopic (exact) mass is 404 g/mol. The molecular weight excluding hydrogens is 384 g/mol. The van der Waals surface area contributed by atoms with E-state index in [4.69, 9.17) is 4.52 Å². The van der Waals surface area contributed by atoms with E-state index in [0.29, 0.717) is 10.9 Å². The van der Waals surface area contributed by atoms with Crippen LogP contribution in [-0.4, -0.2) is 27.5 Å². The molecule has 4 aromatic rings. The molecule has 0 saturated heterocycles. The van der Waals surface area contributed by atoms with Crippen molar-refractivity contribution in [2.75, 3.05) is 11.9 Å². The summed E-state index contributed by atoms with van der Waals surface area (Å²) in [5.41, 5.74) is 2.69. The van der Waals surface area contributed by atoms with Gasteiger partial charge >= 0.3 is 0 Å². The van der Waals surface area contributed by atoms with Crippen LogP contribution in [0.25, 0.3) is 10.8 Å². The molecular formula is C22H20N4O2S. The molecule has 7 heteroatoms. The molecule has 1 amide bonds. The second-order valence-corrected chi connectivity index (χ2v) is 8.35. The van der Waals surface area contributed by atoms with Gasteiger partial charge in [-0.3, -0.25) is 15.0 Å². The molecule has 0 radical (unpaired) electrons. The molecule has 0 aliphatic carbocycles. The highest BCUT2D eigenvalue weighted by molar-refractivity contribution is 7.15. The Kier molecular flexibility index (Phi) is 4.61. The Hall–Kier alpha value is -3.03. The zero-order valence-corrected chi connectivity index (χ0v) is 16.8. The number of nitrogens with zero attached hydrogens (tertiary/aromatic N) is 3. The zero-order chi connectivity index (χ0) is 19.8. The van der Waals surface area contributed by atoms with Gasteiger partial charge in [-0.05, 0) is 23.3 Å². The number of rotatable bonds is 4. The molecule has 0 atom stereocenters. The number of aryl methyl sites for hydroxylation is 1. The number of aromatic nitrogens is 2. The predicted molar refractivity (Wildman–Crippen MR) is 113 cm³/mol. The molecule has 29 heavy (non-hydrogen) atoms. The molecule has 2 aromatic heterocycles. The van der Waals surface area contributed by atoms with Crippen molar-refractivity contribution in [2.24, 2.45) is 0 Å². The Morgan fingerprint density at radius 3 is 2.97 bits per heavy atom. The fourth-order valence-corrected chi connectivity index (χ4v) is 4.79. The van der Waals surface area contributed by atoms with Crippen molar-refractivity contribution < 1.29 is 9.32 Å².